The van der Waals surface area contributed by atoms with Crippen molar-refractivity contribution in [2.45, 2.75) is 25.8 Å². The normalized spacial score (nSPS) is 26.3. The Morgan fingerprint density at radius 2 is 2.26 bits per heavy atom. The molecular weight excluding hydrogens is 260 g/mol. The number of aryl methyl sites for hydroxylation is 1. The van der Waals surface area contributed by atoms with Gasteiger partial charge in [0.2, 0.25) is 0 Å². The van der Waals surface area contributed by atoms with Crippen LogP contribution < -0.4 is 5.32 Å². The Hall–Kier alpha value is -1.06. The van der Waals surface area contributed by atoms with Gasteiger partial charge in [-0.25, -0.2) is 0 Å². The van der Waals surface area contributed by atoms with Crippen molar-refractivity contribution in [2.24, 2.45) is 5.92 Å². The first kappa shape index (κ1) is 12.9. The molecule has 2 aliphatic heterocycles. The minimum Gasteiger partial charge on any atom is -0.334 e. The summed E-state index contributed by atoms with van der Waals surface area (Å²) in [5.74, 6) is 0.749. The Balaban J connectivity index is 1.84. The molecule has 2 unspecified atom stereocenters. The molecule has 2 aliphatic rings. The Labute approximate surface area is 118 Å². The van der Waals surface area contributed by atoms with Crippen molar-refractivity contribution in [3.8, 4) is 0 Å². The highest BCUT2D eigenvalue weighted by molar-refractivity contribution is 6.31. The molecule has 1 aromatic rings. The Kier molecular flexibility index (Phi) is 3.50. The zero-order chi connectivity index (χ0) is 13.4. The van der Waals surface area contributed by atoms with Crippen molar-refractivity contribution < 1.29 is 4.79 Å². The summed E-state index contributed by atoms with van der Waals surface area (Å²) in [6.45, 7) is 4.79. The van der Waals surface area contributed by atoms with Crippen LogP contribution in [0.3, 0.4) is 0 Å². The summed E-state index contributed by atoms with van der Waals surface area (Å²) in [5.41, 5.74) is 1.72. The summed E-state index contributed by atoms with van der Waals surface area (Å²) < 4.78 is 0. The summed E-state index contributed by atoms with van der Waals surface area (Å²) in [7, 11) is 0. The highest BCUT2D eigenvalue weighted by Crippen LogP contribution is 2.28. The van der Waals surface area contributed by atoms with Crippen LogP contribution in [0.1, 0.15) is 28.8 Å². The maximum atomic E-state index is 12.6. The number of likely N-dealkylation sites (tertiary alicyclic amines) is 1. The lowest BCUT2D eigenvalue weighted by atomic mass is 9.91. The van der Waals surface area contributed by atoms with Crippen LogP contribution in [0.25, 0.3) is 0 Å². The van der Waals surface area contributed by atoms with Gasteiger partial charge in [0.1, 0.15) is 0 Å². The van der Waals surface area contributed by atoms with Gasteiger partial charge in [-0.2, -0.15) is 0 Å². The van der Waals surface area contributed by atoms with Gasteiger partial charge in [-0.05, 0) is 43.4 Å². The van der Waals surface area contributed by atoms with Crippen LogP contribution in [-0.2, 0) is 0 Å². The second-order valence-corrected chi connectivity index (χ2v) is 6.00. The SMILES string of the molecule is Cc1ccc(C(=O)N2CCCC3CNCC32)cc1Cl. The summed E-state index contributed by atoms with van der Waals surface area (Å²) in [4.78, 5) is 14.7. The number of rotatable bonds is 1. The van der Waals surface area contributed by atoms with E-state index in [4.69, 9.17) is 11.6 Å². The number of benzene rings is 1. The van der Waals surface area contributed by atoms with E-state index in [1.807, 2.05) is 24.0 Å². The maximum Gasteiger partial charge on any atom is 0.254 e. The van der Waals surface area contributed by atoms with Crippen LogP contribution in [0.15, 0.2) is 18.2 Å². The van der Waals surface area contributed by atoms with Crippen LogP contribution in [0.5, 0.6) is 0 Å². The number of amides is 1. The van der Waals surface area contributed by atoms with Crippen LogP contribution in [-0.4, -0.2) is 36.5 Å². The number of hydrogen-bond acceptors (Lipinski definition) is 2. The van der Waals surface area contributed by atoms with Gasteiger partial charge in [-0.3, -0.25) is 4.79 Å². The molecule has 0 radical (unpaired) electrons. The molecule has 19 heavy (non-hydrogen) atoms. The largest absolute Gasteiger partial charge is 0.334 e. The molecule has 4 heteroatoms. The van der Waals surface area contributed by atoms with Crippen LogP contribution in [0.4, 0.5) is 0 Å². The number of carbonyl (C=O) groups excluding carboxylic acids is 1. The van der Waals surface area contributed by atoms with Crippen LogP contribution in [0.2, 0.25) is 5.02 Å². The molecule has 0 bridgehead atoms. The number of hydrogen-bond donors (Lipinski definition) is 1. The zero-order valence-electron chi connectivity index (χ0n) is 11.2. The first-order valence-corrected chi connectivity index (χ1v) is 7.32. The van der Waals surface area contributed by atoms with E-state index >= 15 is 0 Å². The third-order valence-corrected chi connectivity index (χ3v) is 4.77. The van der Waals surface area contributed by atoms with Crippen molar-refractivity contribution in [2.75, 3.05) is 19.6 Å². The monoisotopic (exact) mass is 278 g/mol. The van der Waals surface area contributed by atoms with Gasteiger partial charge in [-0.1, -0.05) is 17.7 Å². The predicted molar refractivity (Wildman–Crippen MR) is 76.6 cm³/mol. The molecule has 1 N–H and O–H groups in total. The molecule has 0 saturated carbocycles. The van der Waals surface area contributed by atoms with Gasteiger partial charge in [0, 0.05) is 36.3 Å². The summed E-state index contributed by atoms with van der Waals surface area (Å²) >= 11 is 6.13. The predicted octanol–water partition coefficient (Wildman–Crippen LogP) is 2.47. The molecule has 1 aromatic carbocycles. The topological polar surface area (TPSA) is 32.3 Å². The fourth-order valence-electron chi connectivity index (χ4n) is 3.21. The first-order valence-electron chi connectivity index (χ1n) is 6.94. The lowest BCUT2D eigenvalue weighted by molar-refractivity contribution is 0.0575. The molecule has 0 aromatic heterocycles. The highest BCUT2D eigenvalue weighted by atomic mass is 35.5. The number of nitrogens with zero attached hydrogens (tertiary/aromatic N) is 1. The highest BCUT2D eigenvalue weighted by Gasteiger charge is 2.37. The standard InChI is InChI=1S/C15H19ClN2O/c1-10-4-5-11(7-13(10)16)15(19)18-6-2-3-12-8-17-9-14(12)18/h4-5,7,12,14,17H,2-3,6,8-9H2,1H3. The molecule has 2 atom stereocenters. The minimum absolute atomic E-state index is 0.125. The minimum atomic E-state index is 0.125. The lowest BCUT2D eigenvalue weighted by Crippen LogP contribution is -2.48. The van der Waals surface area contributed by atoms with E-state index in [0.29, 0.717) is 22.5 Å². The van der Waals surface area contributed by atoms with E-state index in [1.54, 1.807) is 6.07 Å². The number of carbonyl (C=O) groups is 1. The van der Waals surface area contributed by atoms with E-state index in [1.165, 1.54) is 6.42 Å². The molecule has 3 nitrogen and oxygen atoms in total. The third kappa shape index (κ3) is 2.37. The van der Waals surface area contributed by atoms with Crippen LogP contribution in [0, 0.1) is 12.8 Å². The van der Waals surface area contributed by atoms with Gasteiger partial charge in [0.15, 0.2) is 0 Å². The summed E-state index contributed by atoms with van der Waals surface area (Å²) in [6.07, 6.45) is 2.34. The molecular formula is C15H19ClN2O. The number of halogens is 1. The first-order chi connectivity index (χ1) is 9.16. The molecule has 1 amide bonds. The van der Waals surface area contributed by atoms with E-state index in [0.717, 1.165) is 31.6 Å². The van der Waals surface area contributed by atoms with Crippen molar-refractivity contribution in [3.05, 3.63) is 34.3 Å². The van der Waals surface area contributed by atoms with Gasteiger partial charge in [0.25, 0.3) is 5.91 Å². The zero-order valence-corrected chi connectivity index (χ0v) is 11.9. The molecule has 2 saturated heterocycles. The van der Waals surface area contributed by atoms with E-state index in [2.05, 4.69) is 5.32 Å². The molecule has 0 aliphatic carbocycles. The van der Waals surface area contributed by atoms with Gasteiger partial charge in [0.05, 0.1) is 0 Å². The number of piperidine rings is 1. The second kappa shape index (κ2) is 5.14. The smallest absolute Gasteiger partial charge is 0.254 e. The summed E-state index contributed by atoms with van der Waals surface area (Å²) in [6, 6.07) is 5.96. The average Bonchev–Trinajstić information content (AvgIpc) is 2.89. The second-order valence-electron chi connectivity index (χ2n) is 5.59. The molecule has 2 heterocycles. The molecule has 3 rings (SSSR count). The lowest BCUT2D eigenvalue weighted by Gasteiger charge is -2.37. The van der Waals surface area contributed by atoms with E-state index in [9.17, 15) is 4.79 Å². The molecule has 102 valence electrons. The van der Waals surface area contributed by atoms with E-state index in [-0.39, 0.29) is 5.91 Å². The van der Waals surface area contributed by atoms with Crippen molar-refractivity contribution in [1.29, 1.82) is 0 Å². The fourth-order valence-corrected chi connectivity index (χ4v) is 3.39. The Morgan fingerprint density at radius 3 is 3.05 bits per heavy atom. The molecule has 0 spiro atoms. The third-order valence-electron chi connectivity index (χ3n) is 4.36. The maximum absolute atomic E-state index is 12.6. The van der Waals surface area contributed by atoms with Crippen molar-refractivity contribution in [3.63, 3.8) is 0 Å². The number of fused-ring (bicyclic) bond motifs is 1. The van der Waals surface area contributed by atoms with Gasteiger partial charge in [-0.15, -0.1) is 0 Å². The Morgan fingerprint density at radius 1 is 1.42 bits per heavy atom. The molecule has 2 fully saturated rings. The van der Waals surface area contributed by atoms with Gasteiger partial charge < -0.3 is 10.2 Å². The number of nitrogens with one attached hydrogen (secondary N) is 1. The fraction of sp³-hybridized carbons (Fsp3) is 0.533. The quantitative estimate of drug-likeness (QED) is 0.856. The van der Waals surface area contributed by atoms with Crippen molar-refractivity contribution in [1.82, 2.24) is 10.2 Å². The average molecular weight is 279 g/mol. The van der Waals surface area contributed by atoms with E-state index < -0.39 is 0 Å². The van der Waals surface area contributed by atoms with Crippen LogP contribution >= 0.6 is 11.6 Å². The Bertz CT molecular complexity index is 503. The van der Waals surface area contributed by atoms with Crippen molar-refractivity contribution >= 4 is 17.5 Å². The van der Waals surface area contributed by atoms with Gasteiger partial charge >= 0.3 is 0 Å². The summed E-state index contributed by atoms with van der Waals surface area (Å²) in [5, 5.41) is 4.07.